The van der Waals surface area contributed by atoms with Crippen LogP contribution >= 0.6 is 11.8 Å². The highest BCUT2D eigenvalue weighted by Crippen LogP contribution is 2.19. The Morgan fingerprint density at radius 3 is 2.83 bits per heavy atom. The van der Waals surface area contributed by atoms with Crippen molar-refractivity contribution in [2.75, 3.05) is 18.8 Å². The summed E-state index contributed by atoms with van der Waals surface area (Å²) in [6.07, 6.45) is 1.22. The average molecular weight is 266 g/mol. The lowest BCUT2D eigenvalue weighted by Crippen LogP contribution is -2.41. The predicted molar refractivity (Wildman–Crippen MR) is 69.0 cm³/mol. The summed E-state index contributed by atoms with van der Waals surface area (Å²) in [5.74, 6) is -0.233. The minimum atomic E-state index is -1.04. The van der Waals surface area contributed by atoms with Gasteiger partial charge >= 0.3 is 5.97 Å². The van der Waals surface area contributed by atoms with E-state index < -0.39 is 5.97 Å². The molecule has 0 saturated carbocycles. The molecule has 1 saturated heterocycles. The second-order valence-electron chi connectivity index (χ2n) is 4.17. The SMILES string of the molecule is CC1CN(C(=O)c2ccc(C(=O)O)cn2)CCS1. The number of carbonyl (C=O) groups excluding carboxylic acids is 1. The Labute approximate surface area is 109 Å². The standard InChI is InChI=1S/C12H14N2O3S/c1-8-7-14(4-5-18-8)11(15)10-3-2-9(6-13-10)12(16)17/h2-3,6,8H,4-5,7H2,1H3,(H,16,17). The van der Waals surface area contributed by atoms with Crippen LogP contribution in [0.2, 0.25) is 0 Å². The Hall–Kier alpha value is -1.56. The number of carboxylic acid groups (broad SMARTS) is 1. The number of aromatic carboxylic acids is 1. The average Bonchev–Trinajstić information content (AvgIpc) is 2.38. The molecule has 18 heavy (non-hydrogen) atoms. The normalized spacial score (nSPS) is 19.6. The first-order valence-electron chi connectivity index (χ1n) is 5.68. The molecule has 1 aromatic rings. The van der Waals surface area contributed by atoms with Gasteiger partial charge in [-0.2, -0.15) is 11.8 Å². The first kappa shape index (κ1) is 12.9. The minimum absolute atomic E-state index is 0.0918. The van der Waals surface area contributed by atoms with Crippen molar-refractivity contribution in [1.29, 1.82) is 0 Å². The molecule has 2 rings (SSSR count). The molecule has 96 valence electrons. The maximum Gasteiger partial charge on any atom is 0.337 e. The van der Waals surface area contributed by atoms with E-state index in [9.17, 15) is 9.59 Å². The molecule has 1 fully saturated rings. The third-order valence-electron chi connectivity index (χ3n) is 2.76. The van der Waals surface area contributed by atoms with Gasteiger partial charge in [-0.15, -0.1) is 0 Å². The molecule has 1 unspecified atom stereocenters. The van der Waals surface area contributed by atoms with E-state index in [0.717, 1.165) is 12.3 Å². The van der Waals surface area contributed by atoms with Crippen LogP contribution in [0, 0.1) is 0 Å². The number of rotatable bonds is 2. The first-order chi connectivity index (χ1) is 8.58. The maximum atomic E-state index is 12.1. The summed E-state index contributed by atoms with van der Waals surface area (Å²) >= 11 is 1.85. The monoisotopic (exact) mass is 266 g/mol. The molecule has 0 aliphatic carbocycles. The molecule has 1 atom stereocenters. The highest BCUT2D eigenvalue weighted by atomic mass is 32.2. The molecule has 1 amide bonds. The number of aromatic nitrogens is 1. The van der Waals surface area contributed by atoms with Crippen LogP contribution in [-0.2, 0) is 0 Å². The number of carboxylic acids is 1. The van der Waals surface area contributed by atoms with Crippen molar-refractivity contribution in [3.05, 3.63) is 29.6 Å². The van der Waals surface area contributed by atoms with Crippen molar-refractivity contribution in [1.82, 2.24) is 9.88 Å². The van der Waals surface area contributed by atoms with Crippen LogP contribution < -0.4 is 0 Å². The molecule has 5 nitrogen and oxygen atoms in total. The van der Waals surface area contributed by atoms with Crippen LogP contribution in [0.4, 0.5) is 0 Å². The zero-order valence-electron chi connectivity index (χ0n) is 10.00. The number of pyridine rings is 1. The topological polar surface area (TPSA) is 70.5 Å². The molecule has 0 radical (unpaired) electrons. The van der Waals surface area contributed by atoms with Crippen molar-refractivity contribution in [2.24, 2.45) is 0 Å². The van der Waals surface area contributed by atoms with Gasteiger partial charge in [-0.1, -0.05) is 6.92 Å². The highest BCUT2D eigenvalue weighted by Gasteiger charge is 2.23. The van der Waals surface area contributed by atoms with Crippen molar-refractivity contribution in [3.63, 3.8) is 0 Å². The third kappa shape index (κ3) is 2.81. The van der Waals surface area contributed by atoms with Gasteiger partial charge in [0.05, 0.1) is 5.56 Å². The molecule has 1 aliphatic heterocycles. The van der Waals surface area contributed by atoms with Crippen LogP contribution in [-0.4, -0.2) is 51.0 Å². The molecule has 1 aromatic heterocycles. The number of hydrogen-bond donors (Lipinski definition) is 1. The summed E-state index contributed by atoms with van der Waals surface area (Å²) in [4.78, 5) is 28.5. The Morgan fingerprint density at radius 1 is 1.50 bits per heavy atom. The van der Waals surface area contributed by atoms with E-state index in [2.05, 4.69) is 11.9 Å². The second-order valence-corrected chi connectivity index (χ2v) is 5.72. The van der Waals surface area contributed by atoms with Crippen molar-refractivity contribution < 1.29 is 14.7 Å². The quantitative estimate of drug-likeness (QED) is 0.875. The van der Waals surface area contributed by atoms with Gasteiger partial charge in [-0.25, -0.2) is 4.79 Å². The summed E-state index contributed by atoms with van der Waals surface area (Å²) in [5.41, 5.74) is 0.396. The van der Waals surface area contributed by atoms with Gasteiger partial charge in [0.2, 0.25) is 0 Å². The molecule has 0 spiro atoms. The smallest absolute Gasteiger partial charge is 0.337 e. The van der Waals surface area contributed by atoms with Gasteiger partial charge in [0.25, 0.3) is 5.91 Å². The summed E-state index contributed by atoms with van der Waals surface area (Å²) in [6, 6.07) is 2.88. The van der Waals surface area contributed by atoms with Crippen molar-refractivity contribution in [3.8, 4) is 0 Å². The largest absolute Gasteiger partial charge is 0.478 e. The summed E-state index contributed by atoms with van der Waals surface area (Å²) < 4.78 is 0. The van der Waals surface area contributed by atoms with E-state index in [1.165, 1.54) is 18.3 Å². The van der Waals surface area contributed by atoms with E-state index in [1.807, 2.05) is 11.8 Å². The second kappa shape index (κ2) is 5.39. The molecular weight excluding hydrogens is 252 g/mol. The molecular formula is C12H14N2O3S. The summed E-state index contributed by atoms with van der Waals surface area (Å²) in [5, 5.41) is 9.19. The van der Waals surface area contributed by atoms with Crippen molar-refractivity contribution >= 4 is 23.6 Å². The van der Waals surface area contributed by atoms with E-state index in [1.54, 1.807) is 4.90 Å². The fraction of sp³-hybridized carbons (Fsp3) is 0.417. The van der Waals surface area contributed by atoms with Crippen molar-refractivity contribution in [2.45, 2.75) is 12.2 Å². The Bertz CT molecular complexity index is 461. The molecule has 1 aliphatic rings. The number of carbonyl (C=O) groups is 2. The van der Waals surface area contributed by atoms with Crippen LogP contribution in [0.3, 0.4) is 0 Å². The fourth-order valence-corrected chi connectivity index (χ4v) is 2.83. The number of thioether (sulfide) groups is 1. The summed E-state index contributed by atoms with van der Waals surface area (Å²) in [6.45, 7) is 3.52. The Balaban J connectivity index is 2.10. The van der Waals surface area contributed by atoms with Gasteiger partial charge in [0, 0.05) is 30.3 Å². The lowest BCUT2D eigenvalue weighted by atomic mass is 10.2. The number of amides is 1. The molecule has 0 bridgehead atoms. The molecule has 1 N–H and O–H groups in total. The predicted octanol–water partition coefficient (Wildman–Crippen LogP) is 1.36. The van der Waals surface area contributed by atoms with Crippen LogP contribution in [0.25, 0.3) is 0 Å². The van der Waals surface area contributed by atoms with Gasteiger partial charge in [-0.3, -0.25) is 9.78 Å². The molecule has 2 heterocycles. The molecule has 6 heteroatoms. The van der Waals surface area contributed by atoms with E-state index in [-0.39, 0.29) is 11.5 Å². The maximum absolute atomic E-state index is 12.1. The van der Waals surface area contributed by atoms with Gasteiger partial charge < -0.3 is 10.0 Å². The first-order valence-corrected chi connectivity index (χ1v) is 6.73. The lowest BCUT2D eigenvalue weighted by molar-refractivity contribution is 0.0693. The zero-order valence-corrected chi connectivity index (χ0v) is 10.8. The van der Waals surface area contributed by atoms with Crippen LogP contribution in [0.5, 0.6) is 0 Å². The Kier molecular flexibility index (Phi) is 3.86. The zero-order chi connectivity index (χ0) is 13.1. The fourth-order valence-electron chi connectivity index (χ4n) is 1.81. The van der Waals surface area contributed by atoms with E-state index in [0.29, 0.717) is 17.5 Å². The number of hydrogen-bond acceptors (Lipinski definition) is 4. The minimum Gasteiger partial charge on any atom is -0.478 e. The van der Waals surface area contributed by atoms with Gasteiger partial charge in [0.1, 0.15) is 5.69 Å². The lowest BCUT2D eigenvalue weighted by Gasteiger charge is -2.30. The highest BCUT2D eigenvalue weighted by molar-refractivity contribution is 7.99. The van der Waals surface area contributed by atoms with E-state index >= 15 is 0 Å². The van der Waals surface area contributed by atoms with E-state index in [4.69, 9.17) is 5.11 Å². The van der Waals surface area contributed by atoms with Crippen LogP contribution in [0.15, 0.2) is 18.3 Å². The Morgan fingerprint density at radius 2 is 2.28 bits per heavy atom. The molecule has 0 aromatic carbocycles. The van der Waals surface area contributed by atoms with Gasteiger partial charge in [-0.05, 0) is 12.1 Å². The third-order valence-corrected chi connectivity index (χ3v) is 3.89. The van der Waals surface area contributed by atoms with Gasteiger partial charge in [0.15, 0.2) is 0 Å². The van der Waals surface area contributed by atoms with Crippen LogP contribution in [0.1, 0.15) is 27.8 Å². The summed E-state index contributed by atoms with van der Waals surface area (Å²) in [7, 11) is 0. The number of nitrogens with zero attached hydrogens (tertiary/aromatic N) is 2.